The van der Waals surface area contributed by atoms with Crippen LogP contribution in [0, 0.1) is 5.92 Å². The van der Waals surface area contributed by atoms with E-state index in [1.165, 1.54) is 5.56 Å². The van der Waals surface area contributed by atoms with Crippen LogP contribution in [0.25, 0.3) is 0 Å². The van der Waals surface area contributed by atoms with E-state index in [4.69, 9.17) is 0 Å². The van der Waals surface area contributed by atoms with Crippen molar-refractivity contribution in [1.82, 2.24) is 9.80 Å². The van der Waals surface area contributed by atoms with E-state index in [1.54, 1.807) is 4.90 Å². The lowest BCUT2D eigenvalue weighted by atomic mass is 10.1. The molecule has 0 N–H and O–H groups in total. The van der Waals surface area contributed by atoms with Crippen molar-refractivity contribution < 1.29 is 9.59 Å². The average molecular weight is 315 g/mol. The number of carbonyl (C=O) groups excluding carboxylic acids is 2. The van der Waals surface area contributed by atoms with Crippen molar-refractivity contribution in [1.29, 1.82) is 0 Å². The fraction of sp³-hybridized carbons (Fsp3) is 0.556. The Bertz CT molecular complexity index is 576. The van der Waals surface area contributed by atoms with E-state index in [-0.39, 0.29) is 17.7 Å². The molecule has 5 nitrogen and oxygen atoms in total. The molecule has 0 aliphatic carbocycles. The molecule has 0 radical (unpaired) electrons. The van der Waals surface area contributed by atoms with Gasteiger partial charge in [-0.1, -0.05) is 19.1 Å². The predicted molar refractivity (Wildman–Crippen MR) is 90.4 cm³/mol. The lowest BCUT2D eigenvalue weighted by molar-refractivity contribution is -0.137. The summed E-state index contributed by atoms with van der Waals surface area (Å²) in [5, 5.41) is 0. The van der Waals surface area contributed by atoms with Crippen molar-refractivity contribution >= 4 is 17.5 Å². The maximum Gasteiger partial charge on any atom is 0.228 e. The highest BCUT2D eigenvalue weighted by Crippen LogP contribution is 2.27. The fourth-order valence-corrected chi connectivity index (χ4v) is 3.32. The second-order valence-corrected chi connectivity index (χ2v) is 6.55. The first-order valence-electron chi connectivity index (χ1n) is 8.45. The fourth-order valence-electron chi connectivity index (χ4n) is 3.32. The Labute approximate surface area is 137 Å². The molecule has 1 atom stereocenters. The van der Waals surface area contributed by atoms with Crippen LogP contribution in [0.3, 0.4) is 0 Å². The first-order valence-corrected chi connectivity index (χ1v) is 8.45. The van der Waals surface area contributed by atoms with Gasteiger partial charge in [0.15, 0.2) is 0 Å². The topological polar surface area (TPSA) is 43.9 Å². The van der Waals surface area contributed by atoms with Crippen molar-refractivity contribution in [3.63, 3.8) is 0 Å². The molecule has 124 valence electrons. The van der Waals surface area contributed by atoms with Crippen LogP contribution in [-0.2, 0) is 16.0 Å². The number of hydrogen-bond acceptors (Lipinski definition) is 3. The first-order chi connectivity index (χ1) is 11.1. The van der Waals surface area contributed by atoms with Gasteiger partial charge in [0.2, 0.25) is 11.8 Å². The monoisotopic (exact) mass is 315 g/mol. The Balaban J connectivity index is 1.65. The van der Waals surface area contributed by atoms with Crippen molar-refractivity contribution in [2.75, 3.05) is 44.7 Å². The minimum absolute atomic E-state index is 0.0572. The van der Waals surface area contributed by atoms with E-state index in [9.17, 15) is 9.59 Å². The lowest BCUT2D eigenvalue weighted by Crippen LogP contribution is -2.49. The molecular weight excluding hydrogens is 290 g/mol. The summed E-state index contributed by atoms with van der Waals surface area (Å²) in [5.41, 5.74) is 2.16. The zero-order valence-corrected chi connectivity index (χ0v) is 14.0. The third-order valence-corrected chi connectivity index (χ3v) is 4.95. The minimum Gasteiger partial charge on any atom is -0.340 e. The summed E-state index contributed by atoms with van der Waals surface area (Å²) in [6.07, 6.45) is 1.32. The molecule has 2 heterocycles. The normalized spacial score (nSPS) is 22.7. The molecular formula is C18H25N3O2. The molecule has 2 fully saturated rings. The number of nitrogens with zero attached hydrogens (tertiary/aromatic N) is 3. The van der Waals surface area contributed by atoms with E-state index in [1.807, 2.05) is 17.0 Å². The minimum atomic E-state index is -0.197. The number of amides is 2. The molecule has 5 heteroatoms. The van der Waals surface area contributed by atoms with E-state index in [2.05, 4.69) is 31.0 Å². The molecule has 0 spiro atoms. The summed E-state index contributed by atoms with van der Waals surface area (Å²) < 4.78 is 0. The molecule has 3 rings (SSSR count). The van der Waals surface area contributed by atoms with E-state index >= 15 is 0 Å². The largest absolute Gasteiger partial charge is 0.340 e. The molecule has 0 bridgehead atoms. The Morgan fingerprint density at radius 3 is 2.39 bits per heavy atom. The second kappa shape index (κ2) is 6.71. The SMILES string of the molecule is CCc1ccc(N2C[C@H](C(=O)N3CCN(C)CC3)CC2=O)cc1. The van der Waals surface area contributed by atoms with Gasteiger partial charge in [0.05, 0.1) is 5.92 Å². The maximum absolute atomic E-state index is 12.7. The molecule has 2 aliphatic rings. The molecule has 2 saturated heterocycles. The third-order valence-electron chi connectivity index (χ3n) is 4.95. The van der Waals surface area contributed by atoms with E-state index < -0.39 is 0 Å². The number of piperazine rings is 1. The number of anilines is 1. The third kappa shape index (κ3) is 3.39. The summed E-state index contributed by atoms with van der Waals surface area (Å²) in [7, 11) is 2.07. The number of benzene rings is 1. The van der Waals surface area contributed by atoms with Crippen LogP contribution in [0.1, 0.15) is 18.9 Å². The summed E-state index contributed by atoms with van der Waals surface area (Å²) in [4.78, 5) is 30.9. The van der Waals surface area contributed by atoms with Gasteiger partial charge in [-0.2, -0.15) is 0 Å². The van der Waals surface area contributed by atoms with Gasteiger partial charge in [-0.05, 0) is 31.2 Å². The summed E-state index contributed by atoms with van der Waals surface area (Å²) in [6.45, 7) is 5.98. The Kier molecular flexibility index (Phi) is 4.66. The van der Waals surface area contributed by atoms with Gasteiger partial charge in [-0.15, -0.1) is 0 Å². The highest BCUT2D eigenvalue weighted by atomic mass is 16.2. The Morgan fingerprint density at radius 1 is 1.13 bits per heavy atom. The van der Waals surface area contributed by atoms with Gasteiger partial charge >= 0.3 is 0 Å². The van der Waals surface area contributed by atoms with Gasteiger partial charge in [0.25, 0.3) is 0 Å². The number of likely N-dealkylation sites (N-methyl/N-ethyl adjacent to an activating group) is 1. The molecule has 23 heavy (non-hydrogen) atoms. The summed E-state index contributed by atoms with van der Waals surface area (Å²) in [5.74, 6) is -0.00221. The zero-order valence-electron chi connectivity index (χ0n) is 14.0. The van der Waals surface area contributed by atoms with Crippen LogP contribution >= 0.6 is 0 Å². The van der Waals surface area contributed by atoms with Gasteiger partial charge in [-0.25, -0.2) is 0 Å². The van der Waals surface area contributed by atoms with E-state index in [0.717, 1.165) is 38.3 Å². The molecule has 1 aromatic carbocycles. The van der Waals surface area contributed by atoms with Crippen LogP contribution in [0.15, 0.2) is 24.3 Å². The van der Waals surface area contributed by atoms with Gasteiger partial charge in [0.1, 0.15) is 0 Å². The van der Waals surface area contributed by atoms with Crippen molar-refractivity contribution in [3.8, 4) is 0 Å². The predicted octanol–water partition coefficient (Wildman–Crippen LogP) is 1.38. The number of carbonyl (C=O) groups is 2. The molecule has 0 aromatic heterocycles. The lowest BCUT2D eigenvalue weighted by Gasteiger charge is -2.33. The van der Waals surface area contributed by atoms with Crippen molar-refractivity contribution in [3.05, 3.63) is 29.8 Å². The van der Waals surface area contributed by atoms with Crippen LogP contribution in [0.4, 0.5) is 5.69 Å². The molecule has 2 aliphatic heterocycles. The number of aryl methyl sites for hydroxylation is 1. The molecule has 1 aromatic rings. The van der Waals surface area contributed by atoms with Crippen LogP contribution < -0.4 is 4.90 Å². The highest BCUT2D eigenvalue weighted by Gasteiger charge is 2.37. The molecule has 0 unspecified atom stereocenters. The van der Waals surface area contributed by atoms with Crippen LogP contribution in [0.5, 0.6) is 0 Å². The Morgan fingerprint density at radius 2 is 1.78 bits per heavy atom. The van der Waals surface area contributed by atoms with Crippen LogP contribution in [0.2, 0.25) is 0 Å². The summed E-state index contributed by atoms with van der Waals surface area (Å²) >= 11 is 0. The van der Waals surface area contributed by atoms with Gasteiger partial charge in [0, 0.05) is 44.8 Å². The van der Waals surface area contributed by atoms with Crippen molar-refractivity contribution in [2.45, 2.75) is 19.8 Å². The Hall–Kier alpha value is -1.88. The second-order valence-electron chi connectivity index (χ2n) is 6.55. The zero-order chi connectivity index (χ0) is 16.4. The van der Waals surface area contributed by atoms with Crippen LogP contribution in [-0.4, -0.2) is 61.4 Å². The summed E-state index contributed by atoms with van der Waals surface area (Å²) in [6, 6.07) is 8.08. The van der Waals surface area contributed by atoms with Crippen molar-refractivity contribution in [2.24, 2.45) is 5.92 Å². The number of hydrogen-bond donors (Lipinski definition) is 0. The standard InChI is InChI=1S/C18H25N3O2/c1-3-14-4-6-16(7-5-14)21-13-15(12-17(21)22)18(23)20-10-8-19(2)9-11-20/h4-7,15H,3,8-13H2,1-2H3/t15-/m1/s1. The highest BCUT2D eigenvalue weighted by molar-refractivity contribution is 6.00. The maximum atomic E-state index is 12.7. The molecule has 0 saturated carbocycles. The molecule has 2 amide bonds. The average Bonchev–Trinajstić information content (AvgIpc) is 2.97. The first kappa shape index (κ1) is 16.0. The number of rotatable bonds is 3. The van der Waals surface area contributed by atoms with E-state index in [0.29, 0.717) is 13.0 Å². The quantitative estimate of drug-likeness (QED) is 0.846. The van der Waals surface area contributed by atoms with Gasteiger partial charge in [-0.3, -0.25) is 9.59 Å². The van der Waals surface area contributed by atoms with Gasteiger partial charge < -0.3 is 14.7 Å². The smallest absolute Gasteiger partial charge is 0.228 e.